The van der Waals surface area contributed by atoms with Crippen LogP contribution in [0.25, 0.3) is 21.3 Å². The monoisotopic (exact) mass is 440 g/mol. The summed E-state index contributed by atoms with van der Waals surface area (Å²) in [5.41, 5.74) is 3.08. The topological polar surface area (TPSA) is 72.7 Å². The van der Waals surface area contributed by atoms with Crippen molar-refractivity contribution < 1.29 is 0 Å². The minimum absolute atomic E-state index is 0.0737. The van der Waals surface area contributed by atoms with Gasteiger partial charge in [-0.05, 0) is 56.7 Å². The molecule has 0 fully saturated rings. The van der Waals surface area contributed by atoms with Crippen molar-refractivity contribution in [3.63, 3.8) is 0 Å². The van der Waals surface area contributed by atoms with Crippen molar-refractivity contribution in [1.82, 2.24) is 19.1 Å². The molecule has 8 heteroatoms. The fourth-order valence-corrected chi connectivity index (χ4v) is 6.61. The number of aromatic nitrogens is 4. The Bertz CT molecular complexity index is 1350. The highest BCUT2D eigenvalue weighted by Gasteiger charge is 2.21. The molecule has 1 N–H and O–H groups in total. The van der Waals surface area contributed by atoms with Crippen molar-refractivity contribution in [2.75, 3.05) is 5.75 Å². The second-order valence-electron chi connectivity index (χ2n) is 7.64. The maximum atomic E-state index is 13.2. The summed E-state index contributed by atoms with van der Waals surface area (Å²) in [6.07, 6.45) is 5.27. The van der Waals surface area contributed by atoms with Crippen molar-refractivity contribution in [2.45, 2.75) is 57.3 Å². The minimum Gasteiger partial charge on any atom is -0.306 e. The number of aryl methyl sites for hydroxylation is 3. The lowest BCUT2D eigenvalue weighted by Gasteiger charge is -2.12. The molecule has 0 aliphatic heterocycles. The van der Waals surface area contributed by atoms with Gasteiger partial charge in [-0.3, -0.25) is 13.9 Å². The molecule has 156 valence electrons. The highest BCUT2D eigenvalue weighted by Crippen LogP contribution is 2.34. The van der Waals surface area contributed by atoms with Gasteiger partial charge in [0.25, 0.3) is 5.56 Å². The normalized spacial score (nSPS) is 13.9. The van der Waals surface area contributed by atoms with Crippen LogP contribution >= 0.6 is 23.1 Å². The van der Waals surface area contributed by atoms with Crippen LogP contribution in [0.2, 0.25) is 0 Å². The van der Waals surface area contributed by atoms with E-state index in [-0.39, 0.29) is 11.2 Å². The van der Waals surface area contributed by atoms with Gasteiger partial charge in [-0.25, -0.2) is 9.78 Å². The maximum absolute atomic E-state index is 13.2. The van der Waals surface area contributed by atoms with Crippen molar-refractivity contribution >= 4 is 44.3 Å². The van der Waals surface area contributed by atoms with Crippen LogP contribution in [-0.2, 0) is 25.9 Å². The van der Waals surface area contributed by atoms with Gasteiger partial charge in [0.1, 0.15) is 4.83 Å². The van der Waals surface area contributed by atoms with Gasteiger partial charge in [-0.15, -0.1) is 11.3 Å². The van der Waals surface area contributed by atoms with Gasteiger partial charge in [0.2, 0.25) is 0 Å². The maximum Gasteiger partial charge on any atom is 0.326 e. The Kier molecular flexibility index (Phi) is 5.28. The van der Waals surface area contributed by atoms with E-state index in [0.29, 0.717) is 13.1 Å². The number of rotatable bonds is 6. The number of nitrogens with one attached hydrogen (secondary N) is 1. The van der Waals surface area contributed by atoms with Gasteiger partial charge in [-0.1, -0.05) is 23.9 Å². The molecule has 3 aromatic heterocycles. The number of H-pyrrole nitrogens is 1. The fourth-order valence-electron chi connectivity index (χ4n) is 4.32. The largest absolute Gasteiger partial charge is 0.326 e. The van der Waals surface area contributed by atoms with Gasteiger partial charge >= 0.3 is 5.69 Å². The van der Waals surface area contributed by atoms with Crippen LogP contribution in [0.3, 0.4) is 0 Å². The third kappa shape index (κ3) is 3.32. The Hall–Kier alpha value is -2.32. The third-order valence-electron chi connectivity index (χ3n) is 5.79. The molecule has 30 heavy (non-hydrogen) atoms. The van der Waals surface area contributed by atoms with Gasteiger partial charge < -0.3 is 4.98 Å². The second kappa shape index (κ2) is 8.07. The minimum atomic E-state index is -0.0737. The Labute approximate surface area is 182 Å². The molecule has 0 amide bonds. The fraction of sp³-hybridized carbons (Fsp3) is 0.409. The van der Waals surface area contributed by atoms with E-state index in [2.05, 4.69) is 4.98 Å². The van der Waals surface area contributed by atoms with Crippen LogP contribution in [-0.4, -0.2) is 24.9 Å². The van der Waals surface area contributed by atoms with E-state index >= 15 is 0 Å². The molecule has 0 saturated heterocycles. The lowest BCUT2D eigenvalue weighted by molar-refractivity contribution is 0.631. The van der Waals surface area contributed by atoms with Crippen molar-refractivity contribution in [3.8, 4) is 0 Å². The summed E-state index contributed by atoms with van der Waals surface area (Å²) in [6, 6.07) is 7.75. The number of aromatic amines is 1. The number of thiophene rings is 1. The number of imidazole rings is 1. The van der Waals surface area contributed by atoms with E-state index in [9.17, 15) is 9.59 Å². The zero-order valence-electron chi connectivity index (χ0n) is 16.9. The molecule has 0 atom stereocenters. The van der Waals surface area contributed by atoms with Crippen LogP contribution in [0.15, 0.2) is 39.0 Å². The molecular weight excluding hydrogens is 416 g/mol. The summed E-state index contributed by atoms with van der Waals surface area (Å²) in [4.78, 5) is 35.5. The van der Waals surface area contributed by atoms with E-state index in [1.54, 1.807) is 27.7 Å². The summed E-state index contributed by atoms with van der Waals surface area (Å²) >= 11 is 3.31. The quantitative estimate of drug-likeness (QED) is 0.277. The Morgan fingerprint density at radius 2 is 2.00 bits per heavy atom. The summed E-state index contributed by atoms with van der Waals surface area (Å²) in [6.45, 7) is 3.27. The van der Waals surface area contributed by atoms with Crippen LogP contribution in [0.5, 0.6) is 0 Å². The first-order valence-electron chi connectivity index (χ1n) is 10.5. The highest BCUT2D eigenvalue weighted by atomic mass is 32.2. The smallest absolute Gasteiger partial charge is 0.306 e. The van der Waals surface area contributed by atoms with Crippen molar-refractivity contribution in [1.29, 1.82) is 0 Å². The molecule has 0 saturated carbocycles. The molecule has 3 heterocycles. The average molecular weight is 441 g/mol. The van der Waals surface area contributed by atoms with E-state index < -0.39 is 0 Å². The van der Waals surface area contributed by atoms with Gasteiger partial charge in [0.15, 0.2) is 5.16 Å². The van der Waals surface area contributed by atoms with Crippen LogP contribution in [0.4, 0.5) is 0 Å². The molecule has 1 aliphatic carbocycles. The number of hydrogen-bond donors (Lipinski definition) is 1. The molecule has 5 rings (SSSR count). The van der Waals surface area contributed by atoms with E-state index in [1.165, 1.54) is 16.9 Å². The molecule has 0 spiro atoms. The Morgan fingerprint density at radius 3 is 2.87 bits per heavy atom. The molecule has 0 bridgehead atoms. The highest BCUT2D eigenvalue weighted by molar-refractivity contribution is 7.99. The number of hydrogen-bond acceptors (Lipinski definition) is 5. The first kappa shape index (κ1) is 19.6. The first-order valence-corrected chi connectivity index (χ1v) is 12.3. The van der Waals surface area contributed by atoms with Crippen molar-refractivity contribution in [2.24, 2.45) is 0 Å². The van der Waals surface area contributed by atoms with Crippen LogP contribution in [0, 0.1) is 0 Å². The SMILES string of the molecule is CCn1c(SCCCn2c(=O)[nH]c3ccccc32)nc2sc3c(c2c1=O)CCCC3. The zero-order chi connectivity index (χ0) is 20.7. The molecule has 1 aromatic carbocycles. The van der Waals surface area contributed by atoms with Gasteiger partial charge in [0, 0.05) is 23.7 Å². The molecule has 4 aromatic rings. The average Bonchev–Trinajstić information content (AvgIpc) is 3.28. The molecule has 0 unspecified atom stereocenters. The number of nitrogens with zero attached hydrogens (tertiary/aromatic N) is 3. The lowest BCUT2D eigenvalue weighted by Crippen LogP contribution is -2.23. The number of benzene rings is 1. The van der Waals surface area contributed by atoms with Crippen LogP contribution < -0.4 is 11.2 Å². The standard InChI is InChI=1S/C22H24N4O2S2/c1-2-25-20(27)18-14-8-3-6-11-17(14)30-19(18)24-22(25)29-13-7-12-26-16-10-5-4-9-15(16)23-21(26)28/h4-5,9-10H,2-3,6-8,11-13H2,1H3,(H,23,28). The molecule has 6 nitrogen and oxygen atoms in total. The van der Waals surface area contributed by atoms with E-state index in [4.69, 9.17) is 4.98 Å². The summed E-state index contributed by atoms with van der Waals surface area (Å²) in [5, 5.41) is 1.64. The Balaban J connectivity index is 1.37. The van der Waals surface area contributed by atoms with Gasteiger partial charge in [0.05, 0.1) is 16.4 Å². The number of thioether (sulfide) groups is 1. The summed E-state index contributed by atoms with van der Waals surface area (Å²) < 4.78 is 3.60. The second-order valence-corrected chi connectivity index (χ2v) is 9.78. The molecule has 1 aliphatic rings. The van der Waals surface area contributed by atoms with Crippen LogP contribution in [0.1, 0.15) is 36.6 Å². The first-order chi connectivity index (χ1) is 14.7. The zero-order valence-corrected chi connectivity index (χ0v) is 18.6. The number of fused-ring (bicyclic) bond motifs is 4. The summed E-state index contributed by atoms with van der Waals surface area (Å²) in [5.74, 6) is 0.801. The Morgan fingerprint density at radius 1 is 1.17 bits per heavy atom. The molecular formula is C22H24N4O2S2. The van der Waals surface area contributed by atoms with E-state index in [1.807, 2.05) is 35.8 Å². The predicted octanol–water partition coefficient (Wildman–Crippen LogP) is 4.18. The van der Waals surface area contributed by atoms with Gasteiger partial charge in [-0.2, -0.15) is 0 Å². The molecule has 0 radical (unpaired) electrons. The summed E-state index contributed by atoms with van der Waals surface area (Å²) in [7, 11) is 0. The third-order valence-corrected chi connectivity index (χ3v) is 8.04. The number of para-hydroxylation sites is 2. The van der Waals surface area contributed by atoms with E-state index in [0.717, 1.165) is 57.8 Å². The lowest BCUT2D eigenvalue weighted by atomic mass is 9.97. The van der Waals surface area contributed by atoms with Crippen molar-refractivity contribution in [3.05, 3.63) is 55.5 Å². The predicted molar refractivity (Wildman–Crippen MR) is 124 cm³/mol.